The first-order valence-electron chi connectivity index (χ1n) is 11.5. The molecule has 0 saturated carbocycles. The predicted octanol–water partition coefficient (Wildman–Crippen LogP) is 5.74. The summed E-state index contributed by atoms with van der Waals surface area (Å²) in [5.41, 5.74) is 2.16. The van der Waals surface area contributed by atoms with Gasteiger partial charge < -0.3 is 9.47 Å². The maximum absolute atomic E-state index is 6.85. The van der Waals surface area contributed by atoms with E-state index in [0.717, 1.165) is 11.1 Å². The van der Waals surface area contributed by atoms with E-state index in [-0.39, 0.29) is 6.10 Å². The van der Waals surface area contributed by atoms with Crippen molar-refractivity contribution in [1.82, 2.24) is 4.90 Å². The molecule has 3 heteroatoms. The lowest BCUT2D eigenvalue weighted by Gasteiger charge is -2.39. The molecule has 3 nitrogen and oxygen atoms in total. The van der Waals surface area contributed by atoms with Crippen molar-refractivity contribution in [3.63, 3.8) is 0 Å². The third kappa shape index (κ3) is 4.58. The topological polar surface area (TPSA) is 21.7 Å². The molecule has 0 N–H and O–H groups in total. The Kier molecular flexibility index (Phi) is 7.02. The normalized spacial score (nSPS) is 24.6. The summed E-state index contributed by atoms with van der Waals surface area (Å²) in [7, 11) is 0. The van der Waals surface area contributed by atoms with E-state index < -0.39 is 5.79 Å². The highest BCUT2D eigenvalue weighted by atomic mass is 16.7. The zero-order chi connectivity index (χ0) is 19.9. The maximum atomic E-state index is 6.85. The minimum absolute atomic E-state index is 0.113. The molecule has 2 aliphatic heterocycles. The van der Waals surface area contributed by atoms with Crippen LogP contribution in [0.1, 0.15) is 63.0 Å². The van der Waals surface area contributed by atoms with Crippen molar-refractivity contribution in [2.75, 3.05) is 19.7 Å². The first-order chi connectivity index (χ1) is 14.3. The van der Waals surface area contributed by atoms with Gasteiger partial charge in [-0.05, 0) is 32.4 Å². The molecular weight excluding hydrogens is 358 g/mol. The van der Waals surface area contributed by atoms with E-state index in [1.54, 1.807) is 0 Å². The van der Waals surface area contributed by atoms with E-state index in [9.17, 15) is 0 Å². The number of ether oxygens (including phenoxy) is 2. The van der Waals surface area contributed by atoms with Gasteiger partial charge in [0.25, 0.3) is 0 Å². The van der Waals surface area contributed by atoms with E-state index in [4.69, 9.17) is 9.47 Å². The van der Waals surface area contributed by atoms with Gasteiger partial charge >= 0.3 is 0 Å². The molecule has 0 bridgehead atoms. The molecule has 0 aromatic heterocycles. The van der Waals surface area contributed by atoms with Gasteiger partial charge in [0.15, 0.2) is 0 Å². The molecule has 29 heavy (non-hydrogen) atoms. The number of hydrogen-bond acceptors (Lipinski definition) is 3. The lowest BCUT2D eigenvalue weighted by Crippen LogP contribution is -2.48. The van der Waals surface area contributed by atoms with Crippen LogP contribution in [0.3, 0.4) is 0 Å². The van der Waals surface area contributed by atoms with Gasteiger partial charge in [0.05, 0.1) is 6.61 Å². The summed E-state index contributed by atoms with van der Waals surface area (Å²) in [6.45, 7) is 5.31. The number of rotatable bonds is 8. The van der Waals surface area contributed by atoms with Crippen LogP contribution in [0.25, 0.3) is 0 Å². The minimum Gasteiger partial charge on any atom is -0.339 e. The van der Waals surface area contributed by atoms with Crippen LogP contribution in [-0.4, -0.2) is 36.7 Å². The second kappa shape index (κ2) is 9.88. The van der Waals surface area contributed by atoms with Crippen molar-refractivity contribution < 1.29 is 9.47 Å². The van der Waals surface area contributed by atoms with Crippen LogP contribution in [0.2, 0.25) is 0 Å². The Morgan fingerprint density at radius 2 is 1.59 bits per heavy atom. The molecule has 2 aliphatic rings. The number of unbranched alkanes of at least 4 members (excludes halogenated alkanes) is 3. The lowest BCUT2D eigenvalue weighted by molar-refractivity contribution is -0.152. The highest BCUT2D eigenvalue weighted by Gasteiger charge is 2.48. The molecule has 4 rings (SSSR count). The van der Waals surface area contributed by atoms with E-state index >= 15 is 0 Å². The summed E-state index contributed by atoms with van der Waals surface area (Å²) in [6, 6.07) is 21.3. The maximum Gasteiger partial charge on any atom is 0.222 e. The number of nitrogens with zero attached hydrogens (tertiary/aromatic N) is 1. The molecule has 0 spiro atoms. The predicted molar refractivity (Wildman–Crippen MR) is 118 cm³/mol. The van der Waals surface area contributed by atoms with Gasteiger partial charge in [-0.15, -0.1) is 0 Å². The SMILES string of the molecule is CCCCCCN1CCCC[C@H]1[C@H]1COC(c2ccccc2)(c2ccccc2)O1. The van der Waals surface area contributed by atoms with Gasteiger partial charge in [-0.25, -0.2) is 0 Å². The minimum atomic E-state index is -0.793. The summed E-state index contributed by atoms with van der Waals surface area (Å²) in [5, 5.41) is 0. The smallest absolute Gasteiger partial charge is 0.222 e. The molecule has 2 heterocycles. The van der Waals surface area contributed by atoms with Gasteiger partial charge in [-0.3, -0.25) is 4.90 Å². The monoisotopic (exact) mass is 393 g/mol. The quantitative estimate of drug-likeness (QED) is 0.534. The number of hydrogen-bond donors (Lipinski definition) is 0. The van der Waals surface area contributed by atoms with Crippen LogP contribution in [0, 0.1) is 0 Å². The van der Waals surface area contributed by atoms with Crippen molar-refractivity contribution in [3.8, 4) is 0 Å². The molecule has 0 amide bonds. The molecule has 2 aromatic carbocycles. The summed E-state index contributed by atoms with van der Waals surface area (Å²) in [5.74, 6) is -0.793. The highest BCUT2D eigenvalue weighted by Crippen LogP contribution is 2.42. The summed E-state index contributed by atoms with van der Waals surface area (Å²) < 4.78 is 13.4. The van der Waals surface area contributed by atoms with Crippen LogP contribution in [0.5, 0.6) is 0 Å². The number of piperidine rings is 1. The standard InChI is InChI=1S/C26H35NO2/c1-2-3-4-12-19-27-20-13-11-18-24(27)25-21-28-26(29-25,22-14-7-5-8-15-22)23-16-9-6-10-17-23/h5-10,14-17,24-25H,2-4,11-13,18-21H2,1H3/t24-,25+/m0/s1. The highest BCUT2D eigenvalue weighted by molar-refractivity contribution is 5.34. The van der Waals surface area contributed by atoms with Crippen molar-refractivity contribution in [3.05, 3.63) is 71.8 Å². The fraction of sp³-hybridized carbons (Fsp3) is 0.538. The Hall–Kier alpha value is -1.68. The number of benzene rings is 2. The fourth-order valence-corrected chi connectivity index (χ4v) is 4.91. The Labute approximate surface area is 176 Å². The molecule has 0 unspecified atom stereocenters. The third-order valence-corrected chi connectivity index (χ3v) is 6.47. The molecule has 2 saturated heterocycles. The first kappa shape index (κ1) is 20.6. The van der Waals surface area contributed by atoms with E-state index in [0.29, 0.717) is 12.6 Å². The largest absolute Gasteiger partial charge is 0.339 e. The molecule has 0 radical (unpaired) electrons. The summed E-state index contributed by atoms with van der Waals surface area (Å²) in [6.07, 6.45) is 9.18. The fourth-order valence-electron chi connectivity index (χ4n) is 4.91. The number of likely N-dealkylation sites (tertiary alicyclic amines) is 1. The van der Waals surface area contributed by atoms with Crippen molar-refractivity contribution in [2.45, 2.75) is 69.8 Å². The second-order valence-corrected chi connectivity index (χ2v) is 8.48. The average molecular weight is 394 g/mol. The Bertz CT molecular complexity index is 693. The van der Waals surface area contributed by atoms with Crippen molar-refractivity contribution in [2.24, 2.45) is 0 Å². The van der Waals surface area contributed by atoms with Crippen LogP contribution < -0.4 is 0 Å². The third-order valence-electron chi connectivity index (χ3n) is 6.47. The Balaban J connectivity index is 1.54. The first-order valence-corrected chi connectivity index (χ1v) is 11.5. The lowest BCUT2D eigenvalue weighted by atomic mass is 9.96. The Morgan fingerprint density at radius 1 is 0.897 bits per heavy atom. The van der Waals surface area contributed by atoms with E-state index in [2.05, 4.69) is 60.4 Å². The van der Waals surface area contributed by atoms with Crippen LogP contribution >= 0.6 is 0 Å². The van der Waals surface area contributed by atoms with Crippen molar-refractivity contribution in [1.29, 1.82) is 0 Å². The van der Waals surface area contributed by atoms with E-state index in [1.807, 2.05) is 12.1 Å². The van der Waals surface area contributed by atoms with Crippen LogP contribution in [-0.2, 0) is 15.3 Å². The molecule has 0 aliphatic carbocycles. The van der Waals surface area contributed by atoms with Gasteiger partial charge in [-0.2, -0.15) is 0 Å². The zero-order valence-electron chi connectivity index (χ0n) is 17.8. The van der Waals surface area contributed by atoms with Gasteiger partial charge in [-0.1, -0.05) is 93.3 Å². The zero-order valence-corrected chi connectivity index (χ0v) is 17.8. The van der Waals surface area contributed by atoms with Crippen molar-refractivity contribution >= 4 is 0 Å². The van der Waals surface area contributed by atoms with Gasteiger partial charge in [0.1, 0.15) is 6.10 Å². The van der Waals surface area contributed by atoms with Crippen LogP contribution in [0.4, 0.5) is 0 Å². The molecule has 2 atom stereocenters. The molecular formula is C26H35NO2. The molecule has 2 fully saturated rings. The molecule has 156 valence electrons. The second-order valence-electron chi connectivity index (χ2n) is 8.48. The van der Waals surface area contributed by atoms with Gasteiger partial charge in [0.2, 0.25) is 5.79 Å². The summed E-state index contributed by atoms with van der Waals surface area (Å²) in [4.78, 5) is 2.68. The average Bonchev–Trinajstić information content (AvgIpc) is 3.25. The van der Waals surface area contributed by atoms with Crippen LogP contribution in [0.15, 0.2) is 60.7 Å². The summed E-state index contributed by atoms with van der Waals surface area (Å²) >= 11 is 0. The molecule has 2 aromatic rings. The van der Waals surface area contributed by atoms with Gasteiger partial charge in [0, 0.05) is 17.2 Å². The Morgan fingerprint density at radius 3 is 2.24 bits per heavy atom. The van der Waals surface area contributed by atoms with E-state index in [1.165, 1.54) is 58.0 Å².